The van der Waals surface area contributed by atoms with Crippen LogP contribution in [-0.2, 0) is 12.7 Å². The van der Waals surface area contributed by atoms with E-state index in [9.17, 15) is 18.0 Å². The van der Waals surface area contributed by atoms with Gasteiger partial charge in [0.1, 0.15) is 5.76 Å². The number of amides is 2. The monoisotopic (exact) mass is 353 g/mol. The molecule has 25 heavy (non-hydrogen) atoms. The Morgan fingerprint density at radius 2 is 1.76 bits per heavy atom. The van der Waals surface area contributed by atoms with Gasteiger partial charge in [-0.2, -0.15) is 13.2 Å². The first-order valence-corrected chi connectivity index (χ1v) is 7.91. The van der Waals surface area contributed by atoms with Crippen molar-refractivity contribution in [3.05, 3.63) is 54.0 Å². The van der Waals surface area contributed by atoms with Crippen molar-refractivity contribution >= 4 is 11.7 Å². The van der Waals surface area contributed by atoms with Gasteiger partial charge in [0.25, 0.3) is 0 Å². The Morgan fingerprint density at radius 1 is 1.08 bits per heavy atom. The van der Waals surface area contributed by atoms with E-state index in [0.717, 1.165) is 17.8 Å². The van der Waals surface area contributed by atoms with E-state index in [4.69, 9.17) is 4.42 Å². The van der Waals surface area contributed by atoms with Gasteiger partial charge in [-0.05, 0) is 36.4 Å². The molecule has 5 nitrogen and oxygen atoms in total. The zero-order valence-electron chi connectivity index (χ0n) is 13.4. The number of nitrogens with zero attached hydrogens (tertiary/aromatic N) is 2. The van der Waals surface area contributed by atoms with Gasteiger partial charge in [-0.25, -0.2) is 4.79 Å². The first-order chi connectivity index (χ1) is 11.9. The summed E-state index contributed by atoms with van der Waals surface area (Å²) in [6, 6.07) is 8.46. The number of halogens is 3. The molecule has 2 amide bonds. The zero-order chi connectivity index (χ0) is 17.9. The number of furan rings is 1. The van der Waals surface area contributed by atoms with Crippen LogP contribution in [0.1, 0.15) is 11.3 Å². The van der Waals surface area contributed by atoms with Crippen molar-refractivity contribution in [1.82, 2.24) is 10.2 Å². The maximum absolute atomic E-state index is 12.6. The molecule has 0 aliphatic carbocycles. The van der Waals surface area contributed by atoms with Gasteiger partial charge < -0.3 is 19.5 Å². The summed E-state index contributed by atoms with van der Waals surface area (Å²) in [5.41, 5.74) is 0.0656. The van der Waals surface area contributed by atoms with Crippen molar-refractivity contribution in [3.63, 3.8) is 0 Å². The molecule has 0 spiro atoms. The molecule has 0 atom stereocenters. The fourth-order valence-corrected chi connectivity index (χ4v) is 2.72. The molecule has 1 aliphatic heterocycles. The maximum atomic E-state index is 12.6. The first-order valence-electron chi connectivity index (χ1n) is 7.91. The lowest BCUT2D eigenvalue weighted by atomic mass is 10.1. The van der Waals surface area contributed by atoms with Crippen molar-refractivity contribution in [3.8, 4) is 0 Å². The number of nitrogens with one attached hydrogen (secondary N) is 1. The average Bonchev–Trinajstić information content (AvgIpc) is 3.13. The number of hydrogen-bond donors (Lipinski definition) is 1. The number of carbonyl (C=O) groups excluding carboxylic acids is 1. The minimum absolute atomic E-state index is 0.177. The van der Waals surface area contributed by atoms with Crippen LogP contribution in [0.5, 0.6) is 0 Å². The van der Waals surface area contributed by atoms with E-state index < -0.39 is 11.7 Å². The van der Waals surface area contributed by atoms with Gasteiger partial charge in [0.05, 0.1) is 18.4 Å². The first kappa shape index (κ1) is 17.2. The SMILES string of the molecule is O=C(NCc1ccco1)N1CCN(c2ccc(C(F)(F)F)cc2)CC1. The highest BCUT2D eigenvalue weighted by Crippen LogP contribution is 2.30. The lowest BCUT2D eigenvalue weighted by Crippen LogP contribution is -2.51. The summed E-state index contributed by atoms with van der Waals surface area (Å²) in [4.78, 5) is 15.8. The molecule has 1 fully saturated rings. The molecule has 1 aromatic heterocycles. The van der Waals surface area contributed by atoms with E-state index in [1.54, 1.807) is 23.3 Å². The van der Waals surface area contributed by atoms with Crippen molar-refractivity contribution in [2.24, 2.45) is 0 Å². The highest BCUT2D eigenvalue weighted by molar-refractivity contribution is 5.74. The number of anilines is 1. The third kappa shape index (κ3) is 4.26. The highest BCUT2D eigenvalue weighted by Gasteiger charge is 2.30. The van der Waals surface area contributed by atoms with E-state index in [2.05, 4.69) is 5.32 Å². The Kier molecular flexibility index (Phi) is 4.87. The molecule has 1 aliphatic rings. The van der Waals surface area contributed by atoms with Crippen LogP contribution in [0.2, 0.25) is 0 Å². The minimum atomic E-state index is -4.33. The van der Waals surface area contributed by atoms with Crippen molar-refractivity contribution in [1.29, 1.82) is 0 Å². The van der Waals surface area contributed by atoms with E-state index in [1.807, 2.05) is 4.90 Å². The van der Waals surface area contributed by atoms with E-state index in [-0.39, 0.29) is 6.03 Å². The van der Waals surface area contributed by atoms with Gasteiger partial charge in [-0.3, -0.25) is 0 Å². The fourth-order valence-electron chi connectivity index (χ4n) is 2.72. The number of alkyl halides is 3. The smallest absolute Gasteiger partial charge is 0.416 e. The molecule has 0 unspecified atom stereocenters. The molecule has 134 valence electrons. The summed E-state index contributed by atoms with van der Waals surface area (Å²) >= 11 is 0. The Balaban J connectivity index is 1.50. The van der Waals surface area contributed by atoms with E-state index in [0.29, 0.717) is 38.5 Å². The molecule has 3 rings (SSSR count). The Bertz CT molecular complexity index is 691. The quantitative estimate of drug-likeness (QED) is 0.921. The van der Waals surface area contributed by atoms with E-state index >= 15 is 0 Å². The fraction of sp³-hybridized carbons (Fsp3) is 0.353. The topological polar surface area (TPSA) is 48.7 Å². The second kappa shape index (κ2) is 7.08. The standard InChI is InChI=1S/C17H18F3N3O2/c18-17(19,20)13-3-5-14(6-4-13)22-7-9-23(10-8-22)16(24)21-12-15-2-1-11-25-15/h1-6,11H,7-10,12H2,(H,21,24). The summed E-state index contributed by atoms with van der Waals surface area (Å²) in [6.45, 7) is 2.47. The second-order valence-electron chi connectivity index (χ2n) is 5.76. The van der Waals surface area contributed by atoms with E-state index in [1.165, 1.54) is 12.1 Å². The normalized spacial score (nSPS) is 15.3. The lowest BCUT2D eigenvalue weighted by molar-refractivity contribution is -0.137. The van der Waals surface area contributed by atoms with Gasteiger partial charge in [-0.1, -0.05) is 0 Å². The number of hydrogen-bond acceptors (Lipinski definition) is 3. The van der Waals surface area contributed by atoms with Gasteiger partial charge in [-0.15, -0.1) is 0 Å². The summed E-state index contributed by atoms with van der Waals surface area (Å²) in [5, 5.41) is 2.78. The number of benzene rings is 1. The molecule has 0 saturated carbocycles. The van der Waals surface area contributed by atoms with Crippen LogP contribution >= 0.6 is 0 Å². The number of rotatable bonds is 3. The molecule has 1 saturated heterocycles. The second-order valence-corrected chi connectivity index (χ2v) is 5.76. The molecule has 1 N–H and O–H groups in total. The lowest BCUT2D eigenvalue weighted by Gasteiger charge is -2.36. The van der Waals surface area contributed by atoms with Crippen molar-refractivity contribution in [2.45, 2.75) is 12.7 Å². The Morgan fingerprint density at radius 3 is 2.32 bits per heavy atom. The summed E-state index contributed by atoms with van der Waals surface area (Å²) in [7, 11) is 0. The zero-order valence-corrected chi connectivity index (χ0v) is 13.4. The Hall–Kier alpha value is -2.64. The predicted octanol–water partition coefficient (Wildman–Crippen LogP) is 3.33. The van der Waals surface area contributed by atoms with Crippen molar-refractivity contribution in [2.75, 3.05) is 31.1 Å². The van der Waals surface area contributed by atoms with Crippen LogP contribution in [0.3, 0.4) is 0 Å². The Labute approximate surface area is 143 Å². The van der Waals surface area contributed by atoms with Crippen LogP contribution < -0.4 is 10.2 Å². The minimum Gasteiger partial charge on any atom is -0.467 e. The van der Waals surface area contributed by atoms with Crippen LogP contribution in [0.4, 0.5) is 23.7 Å². The van der Waals surface area contributed by atoms with Gasteiger partial charge in [0, 0.05) is 31.9 Å². The third-order valence-corrected chi connectivity index (χ3v) is 4.12. The van der Waals surface area contributed by atoms with Crippen molar-refractivity contribution < 1.29 is 22.4 Å². The summed E-state index contributed by atoms with van der Waals surface area (Å²) in [6.07, 6.45) is -2.78. The highest BCUT2D eigenvalue weighted by atomic mass is 19.4. The van der Waals surface area contributed by atoms with Crippen LogP contribution in [0.25, 0.3) is 0 Å². The average molecular weight is 353 g/mol. The van der Waals surface area contributed by atoms with Gasteiger partial charge in [0.15, 0.2) is 0 Å². The van der Waals surface area contributed by atoms with Crippen LogP contribution in [0, 0.1) is 0 Å². The molecule has 1 aromatic carbocycles. The molecule has 0 bridgehead atoms. The molecular formula is C17H18F3N3O2. The van der Waals surface area contributed by atoms with Crippen LogP contribution in [-0.4, -0.2) is 37.1 Å². The third-order valence-electron chi connectivity index (χ3n) is 4.12. The van der Waals surface area contributed by atoms with Gasteiger partial charge in [0.2, 0.25) is 0 Å². The molecular weight excluding hydrogens is 335 g/mol. The number of urea groups is 1. The number of carbonyl (C=O) groups is 1. The van der Waals surface area contributed by atoms with Gasteiger partial charge >= 0.3 is 12.2 Å². The molecule has 2 aromatic rings. The summed E-state index contributed by atoms with van der Waals surface area (Å²) in [5.74, 6) is 0.678. The molecule has 8 heteroatoms. The summed E-state index contributed by atoms with van der Waals surface area (Å²) < 4.78 is 43.0. The number of piperazine rings is 1. The molecule has 0 radical (unpaired) electrons. The predicted molar refractivity (Wildman–Crippen MR) is 86.2 cm³/mol. The molecule has 2 heterocycles. The largest absolute Gasteiger partial charge is 0.467 e. The van der Waals surface area contributed by atoms with Crippen LogP contribution in [0.15, 0.2) is 47.1 Å². The maximum Gasteiger partial charge on any atom is 0.416 e.